The largest absolute Gasteiger partial charge is 0.507 e. The Morgan fingerprint density at radius 3 is 2.34 bits per heavy atom. The number of allylic oxidation sites excluding steroid dienone is 3. The minimum Gasteiger partial charge on any atom is -0.507 e. The number of hydrogen-bond acceptors (Lipinski definition) is 5. The first kappa shape index (κ1) is 31.1. The Kier molecular flexibility index (Phi) is 7.32. The van der Waals surface area contributed by atoms with E-state index in [1.807, 2.05) is 75.4 Å². The van der Waals surface area contributed by atoms with Crippen LogP contribution in [0.25, 0.3) is 0 Å². The van der Waals surface area contributed by atoms with Gasteiger partial charge >= 0.3 is 0 Å². The Morgan fingerprint density at radius 2 is 1.66 bits per heavy atom. The van der Waals surface area contributed by atoms with Crippen LogP contribution in [0, 0.1) is 23.7 Å². The van der Waals surface area contributed by atoms with E-state index in [1.54, 1.807) is 30.3 Å². The van der Waals surface area contributed by atoms with E-state index < -0.39 is 52.4 Å². The molecular weight excluding hydrogens is 612 g/mol. The van der Waals surface area contributed by atoms with Crippen molar-refractivity contribution in [2.24, 2.45) is 23.7 Å². The average molecular weight is 649 g/mol. The summed E-state index contributed by atoms with van der Waals surface area (Å²) in [6.45, 7) is 9.41. The van der Waals surface area contributed by atoms with Gasteiger partial charge in [-0.15, -0.1) is 6.58 Å². The predicted octanol–water partition coefficient (Wildman–Crippen LogP) is 6.74. The van der Waals surface area contributed by atoms with Gasteiger partial charge in [-0.3, -0.25) is 24.1 Å². The molecule has 1 N–H and O–H groups in total. The maximum Gasteiger partial charge on any atom is 0.246 e. The number of phenols is 1. The lowest BCUT2D eigenvalue weighted by atomic mass is 9.49. The van der Waals surface area contributed by atoms with Crippen molar-refractivity contribution in [1.29, 1.82) is 0 Å². The van der Waals surface area contributed by atoms with Crippen LogP contribution < -0.4 is 4.90 Å². The molecule has 0 radical (unpaired) electrons. The van der Waals surface area contributed by atoms with Crippen molar-refractivity contribution >= 4 is 40.9 Å². The number of fused-ring (bicyclic) bond motifs is 4. The minimum absolute atomic E-state index is 0.0294. The molecule has 2 aliphatic carbocycles. The van der Waals surface area contributed by atoms with Gasteiger partial charge in [-0.2, -0.15) is 0 Å². The first-order valence-electron chi connectivity index (χ1n) is 16.1. The summed E-state index contributed by atoms with van der Waals surface area (Å²) in [4.78, 5) is 60.8. The molecule has 7 rings (SSSR count). The van der Waals surface area contributed by atoms with E-state index in [2.05, 4.69) is 6.58 Å². The molecule has 2 heterocycles. The summed E-state index contributed by atoms with van der Waals surface area (Å²) in [7, 11) is 0. The molecule has 0 bridgehead atoms. The van der Waals surface area contributed by atoms with E-state index in [-0.39, 0.29) is 24.0 Å². The van der Waals surface area contributed by atoms with E-state index in [1.165, 1.54) is 9.80 Å². The van der Waals surface area contributed by atoms with Crippen LogP contribution in [0.3, 0.4) is 0 Å². The molecular formula is C39H37ClN2O5. The fourth-order valence-corrected chi connectivity index (χ4v) is 9.10. The van der Waals surface area contributed by atoms with Crippen LogP contribution in [-0.4, -0.2) is 39.2 Å². The zero-order valence-electron chi connectivity index (χ0n) is 26.7. The SMILES string of the molecule is C=CCc1cccc([C@H]2C3=CC[C@@H]4C(=O)N(C(C)(C)C)C(=O)[C@@H]4[C@@H]3C[C@H]3C(=O)N(c4cccc(Cl)c4)C(=O)[C@@]23c2ccccc2)c1O. The third-order valence-corrected chi connectivity index (χ3v) is 10.9. The highest BCUT2D eigenvalue weighted by molar-refractivity contribution is 6.32. The number of likely N-dealkylation sites (tertiary alicyclic amines) is 1. The lowest BCUT2D eigenvalue weighted by molar-refractivity contribution is -0.145. The van der Waals surface area contributed by atoms with Crippen molar-refractivity contribution in [3.8, 4) is 5.75 Å². The second kappa shape index (κ2) is 11.1. The Labute approximate surface area is 279 Å². The van der Waals surface area contributed by atoms with Gasteiger partial charge in [-0.25, -0.2) is 4.90 Å². The molecule has 0 aromatic heterocycles. The summed E-state index contributed by atoms with van der Waals surface area (Å²) in [5, 5.41) is 12.3. The van der Waals surface area contributed by atoms with Crippen molar-refractivity contribution in [3.05, 3.63) is 119 Å². The Bertz CT molecular complexity index is 1880. The van der Waals surface area contributed by atoms with Gasteiger partial charge in [0.15, 0.2) is 0 Å². The number of aromatic hydroxyl groups is 1. The number of phenolic OH excluding ortho intramolecular Hbond substituents is 1. The van der Waals surface area contributed by atoms with E-state index >= 15 is 4.79 Å². The normalized spacial score (nSPS) is 28.6. The number of rotatable bonds is 5. The van der Waals surface area contributed by atoms with Crippen molar-refractivity contribution in [1.82, 2.24) is 4.90 Å². The fraction of sp³-hybridized carbons (Fsp3) is 0.333. The molecule has 240 valence electrons. The quantitative estimate of drug-likeness (QED) is 0.244. The third kappa shape index (κ3) is 4.39. The number of carbonyl (C=O) groups excluding carboxylic acids is 4. The fourth-order valence-electron chi connectivity index (χ4n) is 8.91. The van der Waals surface area contributed by atoms with E-state index in [4.69, 9.17) is 11.6 Å². The number of anilines is 1. The second-order valence-corrected chi connectivity index (χ2v) is 14.6. The monoisotopic (exact) mass is 648 g/mol. The molecule has 3 fully saturated rings. The molecule has 3 aromatic carbocycles. The van der Waals surface area contributed by atoms with Crippen LogP contribution in [0.4, 0.5) is 5.69 Å². The zero-order chi connectivity index (χ0) is 33.4. The van der Waals surface area contributed by atoms with E-state index in [9.17, 15) is 19.5 Å². The molecule has 8 heteroatoms. The lowest BCUT2D eigenvalue weighted by Crippen LogP contribution is -2.53. The maximum absolute atomic E-state index is 15.3. The molecule has 7 nitrogen and oxygen atoms in total. The Hall–Kier alpha value is -4.49. The Morgan fingerprint density at radius 1 is 0.936 bits per heavy atom. The van der Waals surface area contributed by atoms with Crippen molar-refractivity contribution in [2.75, 3.05) is 4.90 Å². The van der Waals surface area contributed by atoms with Gasteiger partial charge in [-0.1, -0.05) is 83.9 Å². The Balaban J connectivity index is 1.52. The maximum atomic E-state index is 15.3. The summed E-state index contributed by atoms with van der Waals surface area (Å²) >= 11 is 6.38. The number of imide groups is 2. The number of carbonyl (C=O) groups is 4. The van der Waals surface area contributed by atoms with Gasteiger partial charge in [0.1, 0.15) is 5.75 Å². The number of amides is 4. The van der Waals surface area contributed by atoms with Crippen LogP contribution in [0.5, 0.6) is 5.75 Å². The molecule has 0 spiro atoms. The predicted molar refractivity (Wildman–Crippen MR) is 180 cm³/mol. The minimum atomic E-state index is -1.45. The summed E-state index contributed by atoms with van der Waals surface area (Å²) in [6, 6.07) is 21.5. The van der Waals surface area contributed by atoms with Crippen molar-refractivity contribution in [2.45, 2.75) is 56.9 Å². The number of nitrogens with zero attached hydrogens (tertiary/aromatic N) is 2. The number of para-hydroxylation sites is 1. The molecule has 2 saturated heterocycles. The molecule has 6 atom stereocenters. The topological polar surface area (TPSA) is 95.0 Å². The second-order valence-electron chi connectivity index (χ2n) is 14.1. The molecule has 0 unspecified atom stereocenters. The molecule has 47 heavy (non-hydrogen) atoms. The van der Waals surface area contributed by atoms with Crippen LogP contribution in [-0.2, 0) is 31.0 Å². The van der Waals surface area contributed by atoms with Crippen LogP contribution >= 0.6 is 11.6 Å². The van der Waals surface area contributed by atoms with Crippen LogP contribution in [0.2, 0.25) is 5.02 Å². The molecule has 3 aromatic rings. The lowest BCUT2D eigenvalue weighted by Gasteiger charge is -2.51. The van der Waals surface area contributed by atoms with Crippen LogP contribution in [0.1, 0.15) is 56.2 Å². The standard InChI is InChI=1S/C39H37ClN2O5/c1-5-11-22-12-9-17-28(33(22)43)32-26-18-19-27-31(36(46)42(34(27)44)38(2,3)4)29(26)21-30-35(45)41(25-16-10-15-24(40)20-25)37(47)39(30,32)23-13-7-6-8-14-23/h5-10,12-18,20,27,29-32,43H,1,11,19,21H2,2-4H3/t27-,29+,30-,31-,32+,39+/m0/s1. The van der Waals surface area contributed by atoms with Gasteiger partial charge < -0.3 is 5.11 Å². The first-order valence-corrected chi connectivity index (χ1v) is 16.5. The zero-order valence-corrected chi connectivity index (χ0v) is 27.4. The van der Waals surface area contributed by atoms with Crippen molar-refractivity contribution < 1.29 is 24.3 Å². The third-order valence-electron chi connectivity index (χ3n) is 10.7. The summed E-state index contributed by atoms with van der Waals surface area (Å²) in [6.07, 6.45) is 4.64. The summed E-state index contributed by atoms with van der Waals surface area (Å²) < 4.78 is 0. The van der Waals surface area contributed by atoms with Gasteiger partial charge in [0.05, 0.1) is 28.9 Å². The highest BCUT2D eigenvalue weighted by Crippen LogP contribution is 2.65. The smallest absolute Gasteiger partial charge is 0.246 e. The number of benzene rings is 3. The summed E-state index contributed by atoms with van der Waals surface area (Å²) in [5.74, 6) is -4.65. The van der Waals surface area contributed by atoms with Crippen LogP contribution in [0.15, 0.2) is 97.1 Å². The number of halogens is 1. The highest BCUT2D eigenvalue weighted by Gasteiger charge is 2.70. The molecule has 4 aliphatic rings. The van der Waals surface area contributed by atoms with Gasteiger partial charge in [0.2, 0.25) is 23.6 Å². The average Bonchev–Trinajstić information content (AvgIpc) is 3.43. The van der Waals surface area contributed by atoms with Gasteiger partial charge in [0, 0.05) is 22.0 Å². The van der Waals surface area contributed by atoms with Gasteiger partial charge in [-0.05, 0) is 75.3 Å². The molecule has 2 aliphatic heterocycles. The number of hydrogen-bond donors (Lipinski definition) is 1. The van der Waals surface area contributed by atoms with Gasteiger partial charge in [0.25, 0.3) is 0 Å². The molecule has 1 saturated carbocycles. The molecule has 4 amide bonds. The van der Waals surface area contributed by atoms with E-state index in [0.717, 1.165) is 5.57 Å². The highest BCUT2D eigenvalue weighted by atomic mass is 35.5. The van der Waals surface area contributed by atoms with E-state index in [0.29, 0.717) is 40.2 Å². The van der Waals surface area contributed by atoms with Crippen molar-refractivity contribution in [3.63, 3.8) is 0 Å². The summed E-state index contributed by atoms with van der Waals surface area (Å²) in [5.41, 5.74) is 0.806. The first-order chi connectivity index (χ1) is 22.4.